The molecule has 2 aliphatic carbocycles. The molecule has 300 valence electrons. The minimum absolute atomic E-state index is 0.378. The molecule has 0 spiro atoms. The molecule has 2 heteroatoms. The van der Waals surface area contributed by atoms with Gasteiger partial charge in [-0.25, -0.2) is 0 Å². The summed E-state index contributed by atoms with van der Waals surface area (Å²) in [5, 5.41) is 10.3. The molecule has 0 N–H and O–H groups in total. The van der Waals surface area contributed by atoms with E-state index >= 15 is 0 Å². The Balaban J connectivity index is 0.000000206. The van der Waals surface area contributed by atoms with E-state index in [-0.39, 0.29) is 0 Å². The molecule has 2 nitrogen and oxygen atoms in total. The molecule has 0 radical (unpaired) electrons. The molecule has 12 rings (SSSR count). The number of hydrogen-bond donors (Lipinski definition) is 0. The molecule has 0 heterocycles. The number of para-hydroxylation sites is 2. The zero-order chi connectivity index (χ0) is 42.1. The molecule has 0 bridgehead atoms. The van der Waals surface area contributed by atoms with Crippen molar-refractivity contribution in [2.24, 2.45) is 5.92 Å². The van der Waals surface area contributed by atoms with E-state index in [2.05, 4.69) is 253 Å². The van der Waals surface area contributed by atoms with Crippen LogP contribution in [0.1, 0.15) is 6.42 Å². The van der Waals surface area contributed by atoms with E-state index in [4.69, 9.17) is 0 Å². The minimum Gasteiger partial charge on any atom is -0.344 e. The number of anilines is 4. The second-order valence-corrected chi connectivity index (χ2v) is 16.4. The Morgan fingerprint density at radius 1 is 0.429 bits per heavy atom. The van der Waals surface area contributed by atoms with Crippen LogP contribution in [0.5, 0.6) is 0 Å². The maximum absolute atomic E-state index is 2.50. The largest absolute Gasteiger partial charge is 0.344 e. The molecule has 63 heavy (non-hydrogen) atoms. The van der Waals surface area contributed by atoms with Crippen LogP contribution in [-0.2, 0) is 0 Å². The van der Waals surface area contributed by atoms with Crippen LogP contribution >= 0.6 is 0 Å². The third-order valence-corrected chi connectivity index (χ3v) is 12.8. The third kappa shape index (κ3) is 6.96. The summed E-state index contributed by atoms with van der Waals surface area (Å²) in [6.07, 6.45) is 14.7. The molecule has 0 amide bonds. The summed E-state index contributed by atoms with van der Waals surface area (Å²) < 4.78 is 0. The monoisotopic (exact) mass is 806 g/mol. The van der Waals surface area contributed by atoms with Crippen LogP contribution in [0.2, 0.25) is 0 Å². The summed E-state index contributed by atoms with van der Waals surface area (Å²) in [5.41, 5.74) is 12.4. The fourth-order valence-electron chi connectivity index (χ4n) is 9.76. The lowest BCUT2D eigenvalue weighted by Gasteiger charge is -2.34. The van der Waals surface area contributed by atoms with Crippen molar-refractivity contribution in [3.63, 3.8) is 0 Å². The predicted molar refractivity (Wildman–Crippen MR) is 271 cm³/mol. The zero-order valence-corrected chi connectivity index (χ0v) is 35.3. The number of benzene rings is 10. The lowest BCUT2D eigenvalue weighted by Crippen LogP contribution is -2.21. The molecule has 2 aliphatic rings. The van der Waals surface area contributed by atoms with Gasteiger partial charge < -0.3 is 9.80 Å². The lowest BCUT2D eigenvalue weighted by atomic mass is 9.84. The Morgan fingerprint density at radius 2 is 1.03 bits per heavy atom. The van der Waals surface area contributed by atoms with Crippen LogP contribution in [-0.4, -0.2) is 7.05 Å². The van der Waals surface area contributed by atoms with Gasteiger partial charge in [0.15, 0.2) is 0 Å². The number of rotatable bonds is 7. The second-order valence-electron chi connectivity index (χ2n) is 16.4. The topological polar surface area (TPSA) is 6.48 Å². The molecule has 10 aromatic carbocycles. The number of fused-ring (bicyclic) bond motifs is 2. The van der Waals surface area contributed by atoms with E-state index in [1.165, 1.54) is 93.7 Å². The molecule has 0 fully saturated rings. The molecule has 0 aromatic heterocycles. The Morgan fingerprint density at radius 3 is 1.79 bits per heavy atom. The van der Waals surface area contributed by atoms with Crippen LogP contribution < -0.4 is 9.80 Å². The van der Waals surface area contributed by atoms with Gasteiger partial charge in [0.2, 0.25) is 0 Å². The highest BCUT2D eigenvalue weighted by Gasteiger charge is 2.27. The molecular weight excluding hydrogens is 761 g/mol. The van der Waals surface area contributed by atoms with Gasteiger partial charge >= 0.3 is 0 Å². The Bertz CT molecular complexity index is 3360. The van der Waals surface area contributed by atoms with Crippen LogP contribution in [0.15, 0.2) is 254 Å². The molecule has 0 saturated heterocycles. The fraction of sp³-hybridized carbons (Fsp3) is 0.0492. The standard InChI is InChI=1S/C44H31N.C17H15N/c1-4-13-30(14-5-1)35-25-23-33-24-26-38-40(32-15-6-2-7-16-32)29-42(39-28-27-37(35)43(33)44(38)39)45(34-19-8-3-9-20-34)41-22-12-18-31-17-10-11-21-36(31)41;1-18(15-10-3-2-4-11-15)17-13-7-9-14-8-5-6-12-16(14)17/h1-17,19-29,31H,18H2;2-13H,1H3. The number of hydrogen-bond acceptors (Lipinski definition) is 2. The SMILES string of the molecule is C1=CC2=C(N(c3ccccc3)c3cc(-c4ccccc4)c4ccc5ccc(-c6ccccc6)c6ccc3c4c56)C=CCC2C=C1.CN(c1ccccc1)c1cccc2ccccc12. The molecule has 0 saturated carbocycles. The van der Waals surface area contributed by atoms with Crippen LogP contribution in [0.4, 0.5) is 22.7 Å². The predicted octanol–water partition coefficient (Wildman–Crippen LogP) is 16.6. The van der Waals surface area contributed by atoms with Crippen LogP contribution in [0.3, 0.4) is 0 Å². The fourth-order valence-corrected chi connectivity index (χ4v) is 9.76. The first-order chi connectivity index (χ1) is 31.2. The Hall–Kier alpha value is -7.94. The first-order valence-electron chi connectivity index (χ1n) is 21.9. The average Bonchev–Trinajstić information content (AvgIpc) is 3.37. The van der Waals surface area contributed by atoms with Crippen molar-refractivity contribution in [2.45, 2.75) is 6.42 Å². The summed E-state index contributed by atoms with van der Waals surface area (Å²) >= 11 is 0. The zero-order valence-electron chi connectivity index (χ0n) is 35.3. The molecule has 0 aliphatic heterocycles. The normalized spacial score (nSPS) is 14.3. The highest BCUT2D eigenvalue weighted by Crippen LogP contribution is 2.49. The maximum atomic E-state index is 2.50. The van der Waals surface area contributed by atoms with E-state index in [9.17, 15) is 0 Å². The lowest BCUT2D eigenvalue weighted by molar-refractivity contribution is 0.763. The van der Waals surface area contributed by atoms with Gasteiger partial charge in [-0.05, 0) is 104 Å². The van der Waals surface area contributed by atoms with Crippen LogP contribution in [0.25, 0.3) is 65.3 Å². The van der Waals surface area contributed by atoms with Gasteiger partial charge in [0, 0.05) is 51.9 Å². The summed E-state index contributed by atoms with van der Waals surface area (Å²) in [4.78, 5) is 4.72. The van der Waals surface area contributed by atoms with Crippen molar-refractivity contribution >= 4 is 65.8 Å². The van der Waals surface area contributed by atoms with E-state index in [0.717, 1.165) is 12.1 Å². The smallest absolute Gasteiger partial charge is 0.0547 e. The molecule has 10 aromatic rings. The van der Waals surface area contributed by atoms with E-state index < -0.39 is 0 Å². The van der Waals surface area contributed by atoms with Gasteiger partial charge in [-0.2, -0.15) is 0 Å². The first-order valence-corrected chi connectivity index (χ1v) is 21.9. The van der Waals surface area contributed by atoms with Gasteiger partial charge in [-0.15, -0.1) is 0 Å². The van der Waals surface area contributed by atoms with Gasteiger partial charge in [0.25, 0.3) is 0 Å². The highest BCUT2D eigenvalue weighted by molar-refractivity contribution is 6.30. The molecule has 1 atom stereocenters. The van der Waals surface area contributed by atoms with E-state index in [1.54, 1.807) is 0 Å². The van der Waals surface area contributed by atoms with Crippen molar-refractivity contribution in [2.75, 3.05) is 16.8 Å². The molecular formula is C61H46N2. The summed E-state index contributed by atoms with van der Waals surface area (Å²) in [6, 6.07) is 74.2. The maximum Gasteiger partial charge on any atom is 0.0547 e. The van der Waals surface area contributed by atoms with Crippen molar-refractivity contribution in [3.8, 4) is 22.3 Å². The Labute approximate surface area is 369 Å². The Kier molecular flexibility index (Phi) is 9.95. The van der Waals surface area contributed by atoms with Gasteiger partial charge in [0.1, 0.15) is 0 Å². The number of nitrogens with zero attached hydrogens (tertiary/aromatic N) is 2. The van der Waals surface area contributed by atoms with Crippen molar-refractivity contribution in [1.82, 2.24) is 0 Å². The minimum atomic E-state index is 0.378. The van der Waals surface area contributed by atoms with Crippen molar-refractivity contribution in [1.29, 1.82) is 0 Å². The third-order valence-electron chi connectivity index (χ3n) is 12.8. The summed E-state index contributed by atoms with van der Waals surface area (Å²) in [7, 11) is 2.11. The van der Waals surface area contributed by atoms with Crippen molar-refractivity contribution < 1.29 is 0 Å². The van der Waals surface area contributed by atoms with Gasteiger partial charge in [-0.3, -0.25) is 0 Å². The first kappa shape index (κ1) is 38.0. The highest BCUT2D eigenvalue weighted by atomic mass is 15.2. The van der Waals surface area contributed by atoms with Gasteiger partial charge in [0.05, 0.1) is 5.69 Å². The van der Waals surface area contributed by atoms with E-state index in [0.29, 0.717) is 5.92 Å². The average molecular weight is 807 g/mol. The van der Waals surface area contributed by atoms with Gasteiger partial charge in [-0.1, -0.05) is 200 Å². The quantitative estimate of drug-likeness (QED) is 0.148. The summed E-state index contributed by atoms with van der Waals surface area (Å²) in [5.74, 6) is 0.378. The van der Waals surface area contributed by atoms with Crippen molar-refractivity contribution in [3.05, 3.63) is 254 Å². The molecule has 1 unspecified atom stereocenters. The van der Waals surface area contributed by atoms with Crippen LogP contribution in [0, 0.1) is 5.92 Å². The second kappa shape index (κ2) is 16.5. The number of allylic oxidation sites excluding steroid dienone is 7. The van der Waals surface area contributed by atoms with E-state index in [1.807, 2.05) is 6.07 Å². The summed E-state index contributed by atoms with van der Waals surface area (Å²) in [6.45, 7) is 0.